The highest BCUT2D eigenvalue weighted by molar-refractivity contribution is 5.60. The second-order valence-electron chi connectivity index (χ2n) is 6.27. The summed E-state index contributed by atoms with van der Waals surface area (Å²) in [5, 5.41) is 0. The van der Waals surface area contributed by atoms with Gasteiger partial charge in [-0.25, -0.2) is 9.37 Å². The van der Waals surface area contributed by atoms with Gasteiger partial charge in [-0.15, -0.1) is 0 Å². The van der Waals surface area contributed by atoms with E-state index in [1.54, 1.807) is 6.07 Å². The van der Waals surface area contributed by atoms with Gasteiger partial charge in [-0.3, -0.25) is 0 Å². The van der Waals surface area contributed by atoms with Crippen molar-refractivity contribution in [2.24, 2.45) is 0 Å². The number of benzene rings is 1. The van der Waals surface area contributed by atoms with E-state index in [4.69, 9.17) is 9.40 Å². The minimum Gasteiger partial charge on any atom is -0.440 e. The molecule has 0 saturated heterocycles. The van der Waals surface area contributed by atoms with Crippen molar-refractivity contribution < 1.29 is 8.81 Å². The van der Waals surface area contributed by atoms with Crippen LogP contribution in [0.25, 0.3) is 11.3 Å². The number of aromatic nitrogens is 1. The van der Waals surface area contributed by atoms with E-state index in [2.05, 4.69) is 13.8 Å². The maximum Gasteiger partial charge on any atom is 0.197 e. The molecule has 0 N–H and O–H groups in total. The molecule has 0 aliphatic heterocycles. The molecule has 3 heteroatoms. The molecular formula is C18H22FNO. The fourth-order valence-corrected chi connectivity index (χ4v) is 3.09. The van der Waals surface area contributed by atoms with Crippen molar-refractivity contribution in [3.63, 3.8) is 0 Å². The minimum absolute atomic E-state index is 0.232. The quantitative estimate of drug-likeness (QED) is 0.728. The van der Waals surface area contributed by atoms with E-state index in [9.17, 15) is 4.39 Å². The number of hydrogen-bond donors (Lipinski definition) is 0. The molecule has 1 fully saturated rings. The van der Waals surface area contributed by atoms with E-state index in [1.165, 1.54) is 31.4 Å². The molecule has 1 aromatic heterocycles. The Kier molecular flexibility index (Phi) is 4.09. The Balaban J connectivity index is 2.04. The maximum atomic E-state index is 13.5. The molecule has 2 nitrogen and oxygen atoms in total. The highest BCUT2D eigenvalue weighted by Crippen LogP contribution is 2.39. The van der Waals surface area contributed by atoms with Gasteiger partial charge in [-0.05, 0) is 25.0 Å². The molecule has 1 aromatic carbocycles. The van der Waals surface area contributed by atoms with Gasteiger partial charge >= 0.3 is 0 Å². The van der Waals surface area contributed by atoms with Gasteiger partial charge in [0.25, 0.3) is 0 Å². The van der Waals surface area contributed by atoms with Crippen LogP contribution in [-0.4, -0.2) is 4.98 Å². The lowest BCUT2D eigenvalue weighted by atomic mass is 9.85. The maximum absolute atomic E-state index is 13.5. The van der Waals surface area contributed by atoms with Crippen molar-refractivity contribution in [2.75, 3.05) is 0 Å². The summed E-state index contributed by atoms with van der Waals surface area (Å²) in [5.74, 6) is 1.99. The van der Waals surface area contributed by atoms with Crippen molar-refractivity contribution >= 4 is 0 Å². The zero-order valence-electron chi connectivity index (χ0n) is 12.7. The summed E-state index contributed by atoms with van der Waals surface area (Å²) < 4.78 is 19.5. The Morgan fingerprint density at radius 1 is 1.19 bits per heavy atom. The zero-order chi connectivity index (χ0) is 14.8. The van der Waals surface area contributed by atoms with E-state index in [1.807, 2.05) is 6.07 Å². The van der Waals surface area contributed by atoms with Gasteiger partial charge in [-0.1, -0.05) is 45.2 Å². The molecule has 1 aliphatic carbocycles. The molecule has 1 saturated carbocycles. The number of hydrogen-bond acceptors (Lipinski definition) is 2. The molecular weight excluding hydrogens is 265 g/mol. The SMILES string of the molecule is CC(C)c1nc(C2CCCCC2)c(-c2cccc(F)c2)o1. The highest BCUT2D eigenvalue weighted by Gasteiger charge is 2.25. The van der Waals surface area contributed by atoms with E-state index < -0.39 is 0 Å². The number of nitrogens with zero attached hydrogens (tertiary/aromatic N) is 1. The smallest absolute Gasteiger partial charge is 0.197 e. The molecule has 0 bridgehead atoms. The Labute approximate surface area is 125 Å². The molecule has 0 unspecified atom stereocenters. The normalized spacial score (nSPS) is 16.6. The van der Waals surface area contributed by atoms with Crippen LogP contribution in [0, 0.1) is 5.82 Å². The summed E-state index contributed by atoms with van der Waals surface area (Å²) in [6, 6.07) is 6.63. The fourth-order valence-electron chi connectivity index (χ4n) is 3.09. The van der Waals surface area contributed by atoms with Crippen molar-refractivity contribution in [2.45, 2.75) is 57.8 Å². The van der Waals surface area contributed by atoms with Crippen molar-refractivity contribution in [1.29, 1.82) is 0 Å². The van der Waals surface area contributed by atoms with Crippen LogP contribution in [0.5, 0.6) is 0 Å². The molecule has 0 atom stereocenters. The van der Waals surface area contributed by atoms with Crippen LogP contribution >= 0.6 is 0 Å². The van der Waals surface area contributed by atoms with Crippen LogP contribution in [0.1, 0.15) is 69.4 Å². The molecule has 1 aliphatic rings. The monoisotopic (exact) mass is 287 g/mol. The predicted octanol–water partition coefficient (Wildman–Crippen LogP) is 5.65. The van der Waals surface area contributed by atoms with Crippen LogP contribution in [0.2, 0.25) is 0 Å². The Morgan fingerprint density at radius 3 is 2.62 bits per heavy atom. The summed E-state index contributed by atoms with van der Waals surface area (Å²) >= 11 is 0. The third-order valence-electron chi connectivity index (χ3n) is 4.24. The summed E-state index contributed by atoms with van der Waals surface area (Å²) in [6.07, 6.45) is 6.12. The lowest BCUT2D eigenvalue weighted by Crippen LogP contribution is -2.06. The number of rotatable bonds is 3. The largest absolute Gasteiger partial charge is 0.440 e. The van der Waals surface area contributed by atoms with Crippen molar-refractivity contribution in [3.05, 3.63) is 41.7 Å². The average molecular weight is 287 g/mol. The van der Waals surface area contributed by atoms with Crippen LogP contribution in [-0.2, 0) is 0 Å². The molecule has 112 valence electrons. The summed E-state index contributed by atoms with van der Waals surface area (Å²) in [6.45, 7) is 4.15. The third-order valence-corrected chi connectivity index (χ3v) is 4.24. The first-order chi connectivity index (χ1) is 10.1. The van der Waals surface area contributed by atoms with Gasteiger partial charge in [0.2, 0.25) is 0 Å². The highest BCUT2D eigenvalue weighted by atomic mass is 19.1. The van der Waals surface area contributed by atoms with Crippen LogP contribution < -0.4 is 0 Å². The minimum atomic E-state index is -0.232. The molecule has 1 heterocycles. The first-order valence-corrected chi connectivity index (χ1v) is 7.91. The first kappa shape index (κ1) is 14.3. The van der Waals surface area contributed by atoms with Crippen molar-refractivity contribution in [1.82, 2.24) is 4.98 Å². The summed E-state index contributed by atoms with van der Waals surface area (Å²) in [7, 11) is 0. The fraction of sp³-hybridized carbons (Fsp3) is 0.500. The van der Waals surface area contributed by atoms with Crippen LogP contribution in [0.3, 0.4) is 0 Å². The van der Waals surface area contributed by atoms with E-state index in [-0.39, 0.29) is 11.7 Å². The molecule has 21 heavy (non-hydrogen) atoms. The first-order valence-electron chi connectivity index (χ1n) is 7.91. The van der Waals surface area contributed by atoms with E-state index in [0.717, 1.165) is 35.7 Å². The van der Waals surface area contributed by atoms with Gasteiger partial charge in [0, 0.05) is 17.4 Å². The van der Waals surface area contributed by atoms with Gasteiger partial charge in [0.15, 0.2) is 11.7 Å². The summed E-state index contributed by atoms with van der Waals surface area (Å²) in [5.41, 5.74) is 1.83. The Hall–Kier alpha value is -1.64. The van der Waals surface area contributed by atoms with Gasteiger partial charge in [0.1, 0.15) is 5.82 Å². The van der Waals surface area contributed by atoms with Gasteiger partial charge in [0.05, 0.1) is 5.69 Å². The third kappa shape index (κ3) is 3.02. The van der Waals surface area contributed by atoms with Gasteiger partial charge in [-0.2, -0.15) is 0 Å². The Bertz CT molecular complexity index is 611. The van der Waals surface area contributed by atoms with E-state index in [0.29, 0.717) is 5.92 Å². The average Bonchev–Trinajstić information content (AvgIpc) is 2.93. The number of halogens is 1. The van der Waals surface area contributed by atoms with Crippen LogP contribution in [0.15, 0.2) is 28.7 Å². The second-order valence-corrected chi connectivity index (χ2v) is 6.27. The molecule has 0 amide bonds. The lowest BCUT2D eigenvalue weighted by molar-refractivity contribution is 0.436. The zero-order valence-corrected chi connectivity index (χ0v) is 12.7. The molecule has 3 rings (SSSR count). The second kappa shape index (κ2) is 6.00. The van der Waals surface area contributed by atoms with Crippen molar-refractivity contribution in [3.8, 4) is 11.3 Å². The Morgan fingerprint density at radius 2 is 1.95 bits per heavy atom. The van der Waals surface area contributed by atoms with Gasteiger partial charge < -0.3 is 4.42 Å². The van der Waals surface area contributed by atoms with E-state index >= 15 is 0 Å². The molecule has 0 spiro atoms. The summed E-state index contributed by atoms with van der Waals surface area (Å²) in [4.78, 5) is 4.75. The number of oxazole rings is 1. The standard InChI is InChI=1S/C18H22FNO/c1-12(2)18-20-16(13-7-4-3-5-8-13)17(21-18)14-9-6-10-15(19)11-14/h6,9-13H,3-5,7-8H2,1-2H3. The van der Waals surface area contributed by atoms with Crippen LogP contribution in [0.4, 0.5) is 4.39 Å². The lowest BCUT2D eigenvalue weighted by Gasteiger charge is -2.20. The molecule has 2 aromatic rings. The topological polar surface area (TPSA) is 26.0 Å². The molecule has 0 radical (unpaired) electrons. The predicted molar refractivity (Wildman–Crippen MR) is 81.8 cm³/mol.